The number of piperazine rings is 1. The van der Waals surface area contributed by atoms with Gasteiger partial charge in [-0.1, -0.05) is 0 Å². The first-order valence-electron chi connectivity index (χ1n) is 5.20. The molecule has 0 aliphatic carbocycles. The van der Waals surface area contributed by atoms with Gasteiger partial charge in [0.25, 0.3) is 0 Å². The van der Waals surface area contributed by atoms with Crippen molar-refractivity contribution in [2.24, 2.45) is 5.92 Å². The third-order valence-electron chi connectivity index (χ3n) is 2.76. The summed E-state index contributed by atoms with van der Waals surface area (Å²) >= 11 is 0. The van der Waals surface area contributed by atoms with Crippen molar-refractivity contribution < 1.29 is 23.1 Å². The first kappa shape index (κ1) is 13.9. The van der Waals surface area contributed by atoms with Crippen molar-refractivity contribution in [2.75, 3.05) is 32.4 Å². The highest BCUT2D eigenvalue weighted by Crippen LogP contribution is 2.09. The van der Waals surface area contributed by atoms with Gasteiger partial charge in [-0.25, -0.2) is 8.42 Å². The van der Waals surface area contributed by atoms with E-state index < -0.39 is 27.8 Å². The van der Waals surface area contributed by atoms with E-state index in [1.54, 1.807) is 0 Å². The number of carbonyl (C=O) groups excluding carboxylic acids is 1. The molecule has 1 amide bonds. The molecule has 0 radical (unpaired) electrons. The van der Waals surface area contributed by atoms with E-state index in [0.29, 0.717) is 0 Å². The molecule has 0 saturated carbocycles. The van der Waals surface area contributed by atoms with Gasteiger partial charge in [-0.3, -0.25) is 9.59 Å². The Labute approximate surface area is 100 Å². The highest BCUT2D eigenvalue weighted by atomic mass is 32.2. The number of sulfonamides is 1. The van der Waals surface area contributed by atoms with Gasteiger partial charge in [-0.05, 0) is 6.92 Å². The number of carboxylic acids is 1. The summed E-state index contributed by atoms with van der Waals surface area (Å²) in [6.45, 7) is 2.24. The van der Waals surface area contributed by atoms with Crippen LogP contribution in [0.4, 0.5) is 0 Å². The van der Waals surface area contributed by atoms with Crippen LogP contribution in [-0.4, -0.2) is 67.0 Å². The van der Waals surface area contributed by atoms with Crippen LogP contribution in [-0.2, 0) is 19.6 Å². The topological polar surface area (TPSA) is 95.0 Å². The Morgan fingerprint density at radius 3 is 2.00 bits per heavy atom. The minimum absolute atomic E-state index is 0.219. The van der Waals surface area contributed by atoms with Gasteiger partial charge in [0.2, 0.25) is 15.9 Å². The maximum Gasteiger partial charge on any atom is 0.315 e. The van der Waals surface area contributed by atoms with Crippen molar-refractivity contribution in [1.29, 1.82) is 0 Å². The van der Waals surface area contributed by atoms with Gasteiger partial charge in [-0.15, -0.1) is 0 Å². The van der Waals surface area contributed by atoms with Crippen LogP contribution in [0.1, 0.15) is 6.92 Å². The third-order valence-corrected chi connectivity index (χ3v) is 4.06. The molecule has 1 aliphatic heterocycles. The molecule has 0 bridgehead atoms. The van der Waals surface area contributed by atoms with Crippen LogP contribution < -0.4 is 0 Å². The zero-order chi connectivity index (χ0) is 13.2. The van der Waals surface area contributed by atoms with Gasteiger partial charge in [0.15, 0.2) is 0 Å². The number of rotatable bonds is 3. The van der Waals surface area contributed by atoms with E-state index in [0.717, 1.165) is 6.26 Å². The molecule has 98 valence electrons. The van der Waals surface area contributed by atoms with E-state index >= 15 is 0 Å². The number of hydrogen-bond acceptors (Lipinski definition) is 4. The SMILES string of the molecule is CC(C(=O)O)C(=O)N1CCN(S(C)(=O)=O)CC1. The lowest BCUT2D eigenvalue weighted by molar-refractivity contribution is -0.150. The average molecular weight is 264 g/mol. The van der Waals surface area contributed by atoms with E-state index in [9.17, 15) is 18.0 Å². The summed E-state index contributed by atoms with van der Waals surface area (Å²) in [5, 5.41) is 8.71. The zero-order valence-electron chi connectivity index (χ0n) is 9.79. The van der Waals surface area contributed by atoms with Crippen LogP contribution in [0.2, 0.25) is 0 Å². The van der Waals surface area contributed by atoms with E-state index in [4.69, 9.17) is 5.11 Å². The minimum Gasteiger partial charge on any atom is -0.481 e. The molecule has 1 rings (SSSR count). The Bertz CT molecular complexity index is 411. The molecule has 1 atom stereocenters. The van der Waals surface area contributed by atoms with Crippen molar-refractivity contribution in [1.82, 2.24) is 9.21 Å². The second-order valence-corrected chi connectivity index (χ2v) is 6.03. The molecule has 7 nitrogen and oxygen atoms in total. The number of amides is 1. The molecule has 8 heteroatoms. The zero-order valence-corrected chi connectivity index (χ0v) is 10.6. The third kappa shape index (κ3) is 3.40. The van der Waals surface area contributed by atoms with E-state index in [1.807, 2.05) is 0 Å². The maximum absolute atomic E-state index is 11.7. The highest BCUT2D eigenvalue weighted by Gasteiger charge is 2.30. The minimum atomic E-state index is -3.23. The van der Waals surface area contributed by atoms with Crippen LogP contribution >= 0.6 is 0 Å². The predicted molar refractivity (Wildman–Crippen MR) is 59.8 cm³/mol. The molecule has 17 heavy (non-hydrogen) atoms. The standard InChI is InChI=1S/C9H16N2O5S/c1-7(9(13)14)8(12)10-3-5-11(6-4-10)17(2,15)16/h7H,3-6H2,1-2H3,(H,13,14). The maximum atomic E-state index is 11.7. The van der Waals surface area contributed by atoms with E-state index in [2.05, 4.69) is 0 Å². The number of hydrogen-bond donors (Lipinski definition) is 1. The molecule has 1 N–H and O–H groups in total. The Hall–Kier alpha value is -1.15. The molecule has 0 aromatic carbocycles. The molecule has 1 saturated heterocycles. The van der Waals surface area contributed by atoms with Crippen molar-refractivity contribution in [3.63, 3.8) is 0 Å². The van der Waals surface area contributed by atoms with Crippen LogP contribution in [0.3, 0.4) is 0 Å². The fraction of sp³-hybridized carbons (Fsp3) is 0.778. The number of carbonyl (C=O) groups is 2. The molecule has 1 unspecified atom stereocenters. The van der Waals surface area contributed by atoms with Crippen molar-refractivity contribution in [2.45, 2.75) is 6.92 Å². The summed E-state index contributed by atoms with van der Waals surface area (Å²) in [6.07, 6.45) is 1.12. The summed E-state index contributed by atoms with van der Waals surface area (Å²) in [6, 6.07) is 0. The number of carboxylic acid groups (broad SMARTS) is 1. The Balaban J connectivity index is 2.58. The van der Waals surface area contributed by atoms with Crippen molar-refractivity contribution in [3.8, 4) is 0 Å². The van der Waals surface area contributed by atoms with Gasteiger partial charge in [0.05, 0.1) is 6.26 Å². The van der Waals surface area contributed by atoms with Gasteiger partial charge in [-0.2, -0.15) is 4.31 Å². The number of nitrogens with zero attached hydrogens (tertiary/aromatic N) is 2. The lowest BCUT2D eigenvalue weighted by atomic mass is 10.1. The Morgan fingerprint density at radius 1 is 1.18 bits per heavy atom. The quantitative estimate of drug-likeness (QED) is 0.647. The smallest absolute Gasteiger partial charge is 0.315 e. The first-order valence-corrected chi connectivity index (χ1v) is 7.05. The lowest BCUT2D eigenvalue weighted by Gasteiger charge is -2.34. The van der Waals surface area contributed by atoms with Gasteiger partial charge < -0.3 is 10.0 Å². The highest BCUT2D eigenvalue weighted by molar-refractivity contribution is 7.88. The van der Waals surface area contributed by atoms with E-state index in [1.165, 1.54) is 16.1 Å². The van der Waals surface area contributed by atoms with Crippen LogP contribution in [0.25, 0.3) is 0 Å². The summed E-state index contributed by atoms with van der Waals surface area (Å²) in [7, 11) is -3.23. The van der Waals surface area contributed by atoms with Crippen LogP contribution in [0.15, 0.2) is 0 Å². The first-order chi connectivity index (χ1) is 7.73. The molecule has 1 fully saturated rings. The number of aliphatic carboxylic acids is 1. The molecule has 0 aromatic heterocycles. The summed E-state index contributed by atoms with van der Waals surface area (Å²) < 4.78 is 23.7. The molecular formula is C9H16N2O5S. The van der Waals surface area contributed by atoms with Crippen LogP contribution in [0, 0.1) is 5.92 Å². The van der Waals surface area contributed by atoms with Gasteiger partial charge in [0.1, 0.15) is 5.92 Å². The molecule has 0 aromatic rings. The monoisotopic (exact) mass is 264 g/mol. The van der Waals surface area contributed by atoms with Crippen molar-refractivity contribution >= 4 is 21.9 Å². The predicted octanol–water partition coefficient (Wildman–Crippen LogP) is -1.19. The Morgan fingerprint density at radius 2 is 1.65 bits per heavy atom. The fourth-order valence-electron chi connectivity index (χ4n) is 1.62. The summed E-state index contributed by atoms with van der Waals surface area (Å²) in [5.41, 5.74) is 0. The van der Waals surface area contributed by atoms with Crippen LogP contribution in [0.5, 0.6) is 0 Å². The summed E-state index contributed by atoms with van der Waals surface area (Å²) in [4.78, 5) is 23.7. The van der Waals surface area contributed by atoms with Gasteiger partial charge in [0, 0.05) is 26.2 Å². The van der Waals surface area contributed by atoms with E-state index in [-0.39, 0.29) is 26.2 Å². The molecule has 0 spiro atoms. The van der Waals surface area contributed by atoms with Gasteiger partial charge >= 0.3 is 5.97 Å². The fourth-order valence-corrected chi connectivity index (χ4v) is 2.45. The summed E-state index contributed by atoms with van der Waals surface area (Å²) in [5.74, 6) is -2.72. The molecular weight excluding hydrogens is 248 g/mol. The lowest BCUT2D eigenvalue weighted by Crippen LogP contribution is -2.52. The Kier molecular flexibility index (Phi) is 4.10. The second kappa shape index (κ2) is 5.01. The largest absolute Gasteiger partial charge is 0.481 e. The average Bonchev–Trinajstić information content (AvgIpc) is 2.26. The molecule has 1 heterocycles. The van der Waals surface area contributed by atoms with Crippen molar-refractivity contribution in [3.05, 3.63) is 0 Å². The normalized spacial score (nSPS) is 20.0. The molecule has 1 aliphatic rings. The second-order valence-electron chi connectivity index (χ2n) is 4.05.